The number of nitrogens with one attached hydrogen (secondary N) is 1. The van der Waals surface area contributed by atoms with Crippen molar-refractivity contribution in [3.05, 3.63) is 94.5 Å². The molecule has 6 heteroatoms. The maximum absolute atomic E-state index is 13.8. The fraction of sp³-hybridized carbons (Fsp3) is 0.375. The van der Waals surface area contributed by atoms with Crippen LogP contribution in [0.2, 0.25) is 0 Å². The van der Waals surface area contributed by atoms with Crippen LogP contribution in [-0.2, 0) is 22.6 Å². The predicted octanol–water partition coefficient (Wildman–Crippen LogP) is 5.41. The van der Waals surface area contributed by atoms with E-state index in [4.69, 9.17) is 9.47 Å². The molecule has 0 aliphatic rings. The lowest BCUT2D eigenvalue weighted by molar-refractivity contribution is -0.142. The third-order valence-electron chi connectivity index (χ3n) is 6.56. The first-order chi connectivity index (χ1) is 18.2. The summed E-state index contributed by atoms with van der Waals surface area (Å²) in [5.41, 5.74) is 5.02. The molecule has 6 nitrogen and oxygen atoms in total. The summed E-state index contributed by atoms with van der Waals surface area (Å²) >= 11 is 0. The Morgan fingerprint density at radius 3 is 2.32 bits per heavy atom. The minimum atomic E-state index is -0.709. The van der Waals surface area contributed by atoms with Crippen molar-refractivity contribution in [1.82, 2.24) is 10.2 Å². The van der Waals surface area contributed by atoms with Crippen LogP contribution in [0.5, 0.6) is 11.5 Å². The molecule has 3 rings (SSSR count). The van der Waals surface area contributed by atoms with Gasteiger partial charge in [-0.2, -0.15) is 0 Å². The van der Waals surface area contributed by atoms with Gasteiger partial charge in [-0.25, -0.2) is 0 Å². The first-order valence-corrected chi connectivity index (χ1v) is 13.1. The smallest absolute Gasteiger partial charge is 0.261 e. The molecule has 0 unspecified atom stereocenters. The van der Waals surface area contributed by atoms with Crippen molar-refractivity contribution in [1.29, 1.82) is 0 Å². The summed E-state index contributed by atoms with van der Waals surface area (Å²) in [5.74, 6) is 1.23. The summed E-state index contributed by atoms with van der Waals surface area (Å²) in [7, 11) is 1.61. The molecule has 0 aliphatic heterocycles. The van der Waals surface area contributed by atoms with Gasteiger partial charge in [0.25, 0.3) is 5.91 Å². The molecule has 0 fully saturated rings. The molecular formula is C32H40N2O4. The van der Waals surface area contributed by atoms with Crippen molar-refractivity contribution < 1.29 is 19.1 Å². The second kappa shape index (κ2) is 13.7. The summed E-state index contributed by atoms with van der Waals surface area (Å²) in [6.45, 7) is 10.7. The third-order valence-corrected chi connectivity index (χ3v) is 6.56. The first kappa shape index (κ1) is 28.8. The van der Waals surface area contributed by atoms with Crippen LogP contribution in [0.15, 0.2) is 66.7 Å². The second-order valence-corrected chi connectivity index (χ2v) is 10.2. The molecule has 1 N–H and O–H groups in total. The zero-order chi connectivity index (χ0) is 27.7. The van der Waals surface area contributed by atoms with Gasteiger partial charge < -0.3 is 19.7 Å². The van der Waals surface area contributed by atoms with Crippen molar-refractivity contribution in [2.45, 2.75) is 53.6 Å². The van der Waals surface area contributed by atoms with Crippen molar-refractivity contribution >= 4 is 11.8 Å². The number of ether oxygens (including phenoxy) is 2. The maximum atomic E-state index is 13.8. The quantitative estimate of drug-likeness (QED) is 0.349. The van der Waals surface area contributed by atoms with Crippen LogP contribution in [0.1, 0.15) is 41.7 Å². The van der Waals surface area contributed by atoms with Crippen LogP contribution in [0, 0.1) is 26.7 Å². The molecule has 1 atom stereocenters. The molecule has 0 spiro atoms. The van der Waals surface area contributed by atoms with Gasteiger partial charge in [0.05, 0.1) is 7.11 Å². The van der Waals surface area contributed by atoms with Crippen molar-refractivity contribution in [2.75, 3.05) is 20.3 Å². The van der Waals surface area contributed by atoms with Crippen molar-refractivity contribution in [2.24, 2.45) is 5.92 Å². The Kier molecular flexibility index (Phi) is 10.3. The Bertz CT molecular complexity index is 1220. The molecule has 0 bridgehead atoms. The monoisotopic (exact) mass is 516 g/mol. The van der Waals surface area contributed by atoms with E-state index in [1.54, 1.807) is 12.0 Å². The second-order valence-electron chi connectivity index (χ2n) is 10.2. The summed E-state index contributed by atoms with van der Waals surface area (Å²) in [4.78, 5) is 29.0. The van der Waals surface area contributed by atoms with Gasteiger partial charge in [-0.15, -0.1) is 0 Å². The number of aryl methyl sites for hydroxylation is 2. The van der Waals surface area contributed by atoms with E-state index in [0.29, 0.717) is 24.5 Å². The van der Waals surface area contributed by atoms with Crippen LogP contribution in [0.3, 0.4) is 0 Å². The average molecular weight is 517 g/mol. The van der Waals surface area contributed by atoms with E-state index in [9.17, 15) is 9.59 Å². The van der Waals surface area contributed by atoms with Gasteiger partial charge in [-0.3, -0.25) is 9.59 Å². The number of benzene rings is 3. The fourth-order valence-electron chi connectivity index (χ4n) is 4.32. The minimum Gasteiger partial charge on any atom is -0.497 e. The lowest BCUT2D eigenvalue weighted by atomic mass is 10.0. The number of hydrogen-bond donors (Lipinski definition) is 1. The number of carbonyl (C=O) groups is 2. The lowest BCUT2D eigenvalue weighted by Crippen LogP contribution is -2.52. The van der Waals surface area contributed by atoms with Gasteiger partial charge in [-0.1, -0.05) is 62.4 Å². The summed E-state index contributed by atoms with van der Waals surface area (Å²) in [5, 5.41) is 3.05. The van der Waals surface area contributed by atoms with E-state index < -0.39 is 6.04 Å². The molecule has 0 saturated heterocycles. The highest BCUT2D eigenvalue weighted by Gasteiger charge is 2.31. The molecule has 202 valence electrons. The van der Waals surface area contributed by atoms with Gasteiger partial charge in [-0.05, 0) is 72.7 Å². The number of rotatable bonds is 12. The summed E-state index contributed by atoms with van der Waals surface area (Å²) in [6, 6.07) is 20.7. The summed E-state index contributed by atoms with van der Waals surface area (Å²) < 4.78 is 11.5. The number of hydrogen-bond acceptors (Lipinski definition) is 4. The molecule has 38 heavy (non-hydrogen) atoms. The van der Waals surface area contributed by atoms with Crippen molar-refractivity contribution in [3.8, 4) is 11.5 Å². The highest BCUT2D eigenvalue weighted by molar-refractivity contribution is 5.88. The van der Waals surface area contributed by atoms with Gasteiger partial charge in [0.15, 0.2) is 6.61 Å². The number of methoxy groups -OCH3 is 1. The Hall–Kier alpha value is -3.80. The van der Waals surface area contributed by atoms with Crippen LogP contribution in [0.25, 0.3) is 0 Å². The maximum Gasteiger partial charge on any atom is 0.261 e. The normalized spacial score (nSPS) is 11.7. The Labute approximate surface area is 227 Å². The Morgan fingerprint density at radius 1 is 0.921 bits per heavy atom. The van der Waals surface area contributed by atoms with E-state index in [1.807, 2.05) is 95.3 Å². The van der Waals surface area contributed by atoms with Crippen LogP contribution < -0.4 is 14.8 Å². The molecule has 0 radical (unpaired) electrons. The van der Waals surface area contributed by atoms with E-state index in [-0.39, 0.29) is 30.9 Å². The zero-order valence-corrected chi connectivity index (χ0v) is 23.4. The van der Waals surface area contributed by atoms with E-state index >= 15 is 0 Å². The number of carbonyl (C=O) groups excluding carboxylic acids is 2. The van der Waals surface area contributed by atoms with E-state index in [2.05, 4.69) is 11.4 Å². The predicted molar refractivity (Wildman–Crippen MR) is 151 cm³/mol. The fourth-order valence-corrected chi connectivity index (χ4v) is 4.32. The van der Waals surface area contributed by atoms with E-state index in [1.165, 1.54) is 0 Å². The van der Waals surface area contributed by atoms with Gasteiger partial charge in [0, 0.05) is 19.5 Å². The van der Waals surface area contributed by atoms with Crippen LogP contribution in [0.4, 0.5) is 0 Å². The molecule has 0 aromatic heterocycles. The first-order valence-electron chi connectivity index (χ1n) is 13.1. The molecule has 3 aromatic rings. The molecular weight excluding hydrogens is 476 g/mol. The van der Waals surface area contributed by atoms with E-state index in [0.717, 1.165) is 27.8 Å². The van der Waals surface area contributed by atoms with Gasteiger partial charge >= 0.3 is 0 Å². The SMILES string of the molecule is COc1cccc(CN(C(=O)COc2cc(C)cc(C)c2C)[C@H](Cc2ccccc2)C(=O)NCC(C)C)c1. The third kappa shape index (κ3) is 8.10. The number of nitrogens with zero attached hydrogens (tertiary/aromatic N) is 1. The zero-order valence-electron chi connectivity index (χ0n) is 23.4. The summed E-state index contributed by atoms with van der Waals surface area (Å²) in [6.07, 6.45) is 0.392. The van der Waals surface area contributed by atoms with Crippen LogP contribution in [-0.4, -0.2) is 43.0 Å². The minimum absolute atomic E-state index is 0.170. The lowest BCUT2D eigenvalue weighted by Gasteiger charge is -2.32. The van der Waals surface area contributed by atoms with Crippen molar-refractivity contribution in [3.63, 3.8) is 0 Å². The standard InChI is InChI=1S/C32H40N2O4/c1-22(2)19-33-32(36)29(18-26-11-8-7-9-12-26)34(20-27-13-10-14-28(17-27)37-6)31(35)21-38-30-16-23(3)15-24(4)25(30)5/h7-17,22,29H,18-21H2,1-6H3,(H,33,36)/t29-/m1/s1. The largest absolute Gasteiger partial charge is 0.497 e. The molecule has 0 saturated carbocycles. The topological polar surface area (TPSA) is 67.9 Å². The molecule has 2 amide bonds. The van der Waals surface area contributed by atoms with Gasteiger partial charge in [0.1, 0.15) is 17.5 Å². The Morgan fingerprint density at radius 2 is 1.63 bits per heavy atom. The highest BCUT2D eigenvalue weighted by Crippen LogP contribution is 2.24. The number of amides is 2. The van der Waals surface area contributed by atoms with Crippen LogP contribution >= 0.6 is 0 Å². The molecule has 0 heterocycles. The molecule has 3 aromatic carbocycles. The van der Waals surface area contributed by atoms with Gasteiger partial charge in [0.2, 0.25) is 5.91 Å². The Balaban J connectivity index is 1.95. The highest BCUT2D eigenvalue weighted by atomic mass is 16.5. The average Bonchev–Trinajstić information content (AvgIpc) is 2.90. The molecule has 0 aliphatic carbocycles.